The zero-order chi connectivity index (χ0) is 26.2. The summed E-state index contributed by atoms with van der Waals surface area (Å²) in [5.74, 6) is 0. The van der Waals surface area contributed by atoms with Crippen LogP contribution in [0.15, 0.2) is 89.4 Å². The van der Waals surface area contributed by atoms with Crippen LogP contribution >= 0.6 is 0 Å². The van der Waals surface area contributed by atoms with Gasteiger partial charge < -0.3 is 24.8 Å². The standard InChI is InChI=1S/C19H23BN2O5.C8H10O/c1-14-9-15(5-6-17(10-14)20(25)26)7-8-27-19(24)22-18-4-2-3-16(11-18)12-21-13-23;1-9-7-8-5-3-2-4-6-8/h2-6,10-11,13,25-26H,7-9,12H2,1H3,(H,21,23)(H,22,24);2-6H,7H2,1H3. The second kappa shape index (κ2) is 16.1. The third-order valence-corrected chi connectivity index (χ3v) is 5.10. The number of carbonyl (C=O) groups excluding carboxylic acids is 2. The summed E-state index contributed by atoms with van der Waals surface area (Å²) in [6.45, 7) is 3.21. The summed E-state index contributed by atoms with van der Waals surface area (Å²) < 4.78 is 10.1. The molecule has 0 fully saturated rings. The van der Waals surface area contributed by atoms with Crippen molar-refractivity contribution >= 4 is 25.3 Å². The Bertz CT molecular complexity index is 1070. The Kier molecular flexibility index (Phi) is 12.8. The van der Waals surface area contributed by atoms with Gasteiger partial charge in [0.2, 0.25) is 6.41 Å². The van der Waals surface area contributed by atoms with E-state index in [0.717, 1.165) is 16.7 Å². The molecule has 2 aromatic carbocycles. The highest BCUT2D eigenvalue weighted by Crippen LogP contribution is 2.21. The monoisotopic (exact) mass is 492 g/mol. The number of carbonyl (C=O) groups is 2. The number of allylic oxidation sites excluding steroid dienone is 5. The van der Waals surface area contributed by atoms with E-state index in [9.17, 15) is 19.6 Å². The van der Waals surface area contributed by atoms with Crippen molar-refractivity contribution in [2.45, 2.75) is 32.9 Å². The molecule has 0 saturated carbocycles. The summed E-state index contributed by atoms with van der Waals surface area (Å²) >= 11 is 0. The molecule has 4 N–H and O–H groups in total. The van der Waals surface area contributed by atoms with E-state index in [2.05, 4.69) is 10.6 Å². The number of hydrogen-bond donors (Lipinski definition) is 4. The Hall–Kier alpha value is -3.66. The van der Waals surface area contributed by atoms with E-state index in [1.807, 2.05) is 49.4 Å². The largest absolute Gasteiger partial charge is 0.488 e. The number of nitrogens with one attached hydrogen (secondary N) is 2. The summed E-state index contributed by atoms with van der Waals surface area (Å²) in [6, 6.07) is 17.2. The van der Waals surface area contributed by atoms with Crippen molar-refractivity contribution in [3.05, 3.63) is 101 Å². The molecule has 2 amide bonds. The van der Waals surface area contributed by atoms with Gasteiger partial charge in [-0.3, -0.25) is 10.1 Å². The Morgan fingerprint density at radius 3 is 2.53 bits per heavy atom. The van der Waals surface area contributed by atoms with E-state index in [4.69, 9.17) is 9.47 Å². The van der Waals surface area contributed by atoms with Gasteiger partial charge in [0.1, 0.15) is 0 Å². The normalized spacial score (nSPS) is 12.5. The molecule has 0 heterocycles. The van der Waals surface area contributed by atoms with Gasteiger partial charge in [-0.1, -0.05) is 71.8 Å². The molecule has 0 saturated heterocycles. The Labute approximate surface area is 212 Å². The van der Waals surface area contributed by atoms with Crippen LogP contribution in [0.3, 0.4) is 0 Å². The lowest BCUT2D eigenvalue weighted by atomic mass is 9.78. The number of rotatable bonds is 10. The van der Waals surface area contributed by atoms with Crippen LogP contribution in [-0.2, 0) is 27.4 Å². The van der Waals surface area contributed by atoms with Crippen LogP contribution in [-0.4, -0.2) is 43.4 Å². The van der Waals surface area contributed by atoms with E-state index >= 15 is 0 Å². The number of hydrogen-bond acceptors (Lipinski definition) is 6. The van der Waals surface area contributed by atoms with E-state index in [1.54, 1.807) is 37.5 Å². The van der Waals surface area contributed by atoms with Gasteiger partial charge in [0.05, 0.1) is 13.2 Å². The maximum atomic E-state index is 11.9. The van der Waals surface area contributed by atoms with E-state index in [1.165, 1.54) is 5.56 Å². The lowest BCUT2D eigenvalue weighted by Gasteiger charge is -2.10. The molecule has 0 aliphatic heterocycles. The summed E-state index contributed by atoms with van der Waals surface area (Å²) in [5.41, 5.74) is 5.14. The summed E-state index contributed by atoms with van der Waals surface area (Å²) in [5, 5.41) is 23.8. The van der Waals surface area contributed by atoms with Gasteiger partial charge in [-0.25, -0.2) is 4.79 Å². The van der Waals surface area contributed by atoms with Gasteiger partial charge in [0, 0.05) is 25.8 Å². The van der Waals surface area contributed by atoms with Gasteiger partial charge in [0.25, 0.3) is 0 Å². The van der Waals surface area contributed by atoms with Gasteiger partial charge in [0.15, 0.2) is 0 Å². The summed E-state index contributed by atoms with van der Waals surface area (Å²) in [7, 11) is 0.197. The number of anilines is 1. The zero-order valence-electron chi connectivity index (χ0n) is 20.6. The summed E-state index contributed by atoms with van der Waals surface area (Å²) in [4.78, 5) is 22.3. The van der Waals surface area contributed by atoms with E-state index in [-0.39, 0.29) is 6.61 Å². The SMILES string of the molecule is CC1=CC(B(O)O)=CC=C(CCOC(=O)Nc2cccc(CNC=O)c2)C1.COCc1ccccc1. The Morgan fingerprint density at radius 2 is 1.83 bits per heavy atom. The fourth-order valence-corrected chi connectivity index (χ4v) is 3.44. The molecular weight excluding hydrogens is 459 g/mol. The average Bonchev–Trinajstić information content (AvgIpc) is 3.05. The highest BCUT2D eigenvalue weighted by atomic mass is 16.5. The fraction of sp³-hybridized carbons (Fsp3) is 0.259. The number of ether oxygens (including phenoxy) is 2. The highest BCUT2D eigenvalue weighted by Gasteiger charge is 2.14. The van der Waals surface area contributed by atoms with Crippen molar-refractivity contribution < 1.29 is 29.1 Å². The minimum Gasteiger partial charge on any atom is -0.449 e. The lowest BCUT2D eigenvalue weighted by molar-refractivity contribution is -0.109. The molecule has 3 rings (SSSR count). The molecule has 190 valence electrons. The predicted octanol–water partition coefficient (Wildman–Crippen LogP) is 3.92. The van der Waals surface area contributed by atoms with Crippen molar-refractivity contribution in [1.29, 1.82) is 0 Å². The predicted molar refractivity (Wildman–Crippen MR) is 141 cm³/mol. The molecule has 0 bridgehead atoms. The Morgan fingerprint density at radius 1 is 1.08 bits per heavy atom. The van der Waals surface area contributed by atoms with Crippen molar-refractivity contribution in [1.82, 2.24) is 5.32 Å². The fourth-order valence-electron chi connectivity index (χ4n) is 3.44. The van der Waals surface area contributed by atoms with Gasteiger partial charge >= 0.3 is 13.2 Å². The van der Waals surface area contributed by atoms with Crippen LogP contribution in [0.1, 0.15) is 30.9 Å². The van der Waals surface area contributed by atoms with E-state index < -0.39 is 13.2 Å². The summed E-state index contributed by atoms with van der Waals surface area (Å²) in [6.07, 6.45) is 6.53. The molecular formula is C27H33BN2O6. The maximum Gasteiger partial charge on any atom is 0.488 e. The minimum absolute atomic E-state index is 0.211. The van der Waals surface area contributed by atoms with E-state index in [0.29, 0.717) is 43.6 Å². The van der Waals surface area contributed by atoms with Crippen LogP contribution in [0.5, 0.6) is 0 Å². The molecule has 0 spiro atoms. The first-order chi connectivity index (χ1) is 17.4. The first kappa shape index (κ1) is 28.6. The molecule has 9 heteroatoms. The molecule has 0 aromatic heterocycles. The van der Waals surface area contributed by atoms with Crippen LogP contribution in [0, 0.1) is 0 Å². The van der Waals surface area contributed by atoms with Crippen LogP contribution < -0.4 is 10.6 Å². The number of amides is 2. The third kappa shape index (κ3) is 11.2. The zero-order valence-corrected chi connectivity index (χ0v) is 20.6. The average molecular weight is 492 g/mol. The molecule has 1 aliphatic rings. The van der Waals surface area contributed by atoms with Gasteiger partial charge in [-0.2, -0.15) is 0 Å². The molecule has 0 unspecified atom stereocenters. The van der Waals surface area contributed by atoms with Crippen LogP contribution in [0.2, 0.25) is 0 Å². The minimum atomic E-state index is -1.50. The van der Waals surface area contributed by atoms with Crippen molar-refractivity contribution in [2.75, 3.05) is 19.0 Å². The van der Waals surface area contributed by atoms with Crippen molar-refractivity contribution in [2.24, 2.45) is 0 Å². The second-order valence-corrected chi connectivity index (χ2v) is 8.16. The molecule has 1 aliphatic carbocycles. The smallest absolute Gasteiger partial charge is 0.449 e. The first-order valence-corrected chi connectivity index (χ1v) is 11.6. The maximum absolute atomic E-state index is 11.9. The molecule has 2 aromatic rings. The molecule has 0 atom stereocenters. The van der Waals surface area contributed by atoms with Crippen molar-refractivity contribution in [3.8, 4) is 0 Å². The Balaban J connectivity index is 0.000000425. The van der Waals surface area contributed by atoms with Crippen LogP contribution in [0.25, 0.3) is 0 Å². The van der Waals surface area contributed by atoms with Gasteiger partial charge in [-0.15, -0.1) is 0 Å². The molecule has 8 nitrogen and oxygen atoms in total. The first-order valence-electron chi connectivity index (χ1n) is 11.6. The third-order valence-electron chi connectivity index (χ3n) is 5.10. The molecule has 0 radical (unpaired) electrons. The number of benzene rings is 2. The van der Waals surface area contributed by atoms with Gasteiger partial charge in [-0.05, 0) is 42.1 Å². The quantitative estimate of drug-likeness (QED) is 0.295. The molecule has 36 heavy (non-hydrogen) atoms. The van der Waals surface area contributed by atoms with Crippen LogP contribution in [0.4, 0.5) is 10.5 Å². The number of methoxy groups -OCH3 is 1. The van der Waals surface area contributed by atoms with Crippen molar-refractivity contribution in [3.63, 3.8) is 0 Å². The topological polar surface area (TPSA) is 117 Å². The second-order valence-electron chi connectivity index (χ2n) is 8.16. The lowest BCUT2D eigenvalue weighted by Crippen LogP contribution is -2.15. The highest BCUT2D eigenvalue weighted by molar-refractivity contribution is 6.51.